The second kappa shape index (κ2) is 10.0. The van der Waals surface area contributed by atoms with Crippen molar-refractivity contribution in [1.29, 1.82) is 0 Å². The molecule has 1 aromatic rings. The Morgan fingerprint density at radius 2 is 2.00 bits per heavy atom. The third-order valence-electron chi connectivity index (χ3n) is 4.98. The van der Waals surface area contributed by atoms with Gasteiger partial charge in [-0.25, -0.2) is 8.42 Å². The Morgan fingerprint density at radius 1 is 1.27 bits per heavy atom. The Kier molecular flexibility index (Phi) is 8.06. The van der Waals surface area contributed by atoms with Gasteiger partial charge in [-0.05, 0) is 44.4 Å². The van der Waals surface area contributed by atoms with Crippen LogP contribution < -0.4 is 5.32 Å². The first kappa shape index (κ1) is 20.9. The number of piperidine rings is 1. The number of likely N-dealkylation sites (tertiary alicyclic amines) is 1. The first-order chi connectivity index (χ1) is 12.4. The minimum atomic E-state index is -3.63. The Bertz CT molecular complexity index is 664. The summed E-state index contributed by atoms with van der Waals surface area (Å²) in [5.74, 6) is -0.266. The van der Waals surface area contributed by atoms with Gasteiger partial charge in [-0.3, -0.25) is 4.79 Å². The number of benzene rings is 1. The lowest BCUT2D eigenvalue weighted by Crippen LogP contribution is -2.42. The Balaban J connectivity index is 1.73. The van der Waals surface area contributed by atoms with E-state index in [2.05, 4.69) is 17.1 Å². The quantitative estimate of drug-likeness (QED) is 0.665. The number of carbonyl (C=O) groups is 1. The number of likely N-dealkylation sites (N-methyl/N-ethyl adjacent to an activating group) is 1. The molecule has 1 amide bonds. The minimum absolute atomic E-state index is 0.168. The number of carbonyl (C=O) groups excluding carboxylic acids is 1. The first-order valence-electron chi connectivity index (χ1n) is 9.47. The van der Waals surface area contributed by atoms with Gasteiger partial charge in [0, 0.05) is 26.2 Å². The van der Waals surface area contributed by atoms with E-state index in [1.54, 1.807) is 18.2 Å². The molecule has 0 saturated carbocycles. The topological polar surface area (TPSA) is 69.7 Å². The van der Waals surface area contributed by atoms with Crippen LogP contribution in [0, 0.1) is 0 Å². The predicted molar refractivity (Wildman–Crippen MR) is 103 cm³/mol. The summed E-state index contributed by atoms with van der Waals surface area (Å²) >= 11 is 0. The van der Waals surface area contributed by atoms with Gasteiger partial charge in [0.15, 0.2) is 0 Å². The molecule has 2 rings (SSSR count). The van der Waals surface area contributed by atoms with Crippen LogP contribution in [-0.2, 0) is 14.8 Å². The highest BCUT2D eigenvalue weighted by Crippen LogP contribution is 2.19. The Hall–Kier alpha value is -1.44. The number of rotatable bonds is 9. The first-order valence-corrected chi connectivity index (χ1v) is 10.9. The average Bonchev–Trinajstić information content (AvgIpc) is 2.66. The number of hydrogen-bond donors (Lipinski definition) is 1. The van der Waals surface area contributed by atoms with E-state index in [1.807, 2.05) is 0 Å². The van der Waals surface area contributed by atoms with Crippen LogP contribution in [-0.4, -0.2) is 62.8 Å². The fourth-order valence-electron chi connectivity index (χ4n) is 3.44. The van der Waals surface area contributed by atoms with Crippen LogP contribution in [0.15, 0.2) is 35.2 Å². The maximum Gasteiger partial charge on any atom is 0.243 e. The van der Waals surface area contributed by atoms with Crippen molar-refractivity contribution < 1.29 is 13.2 Å². The highest BCUT2D eigenvalue weighted by Gasteiger charge is 2.23. The van der Waals surface area contributed by atoms with Crippen molar-refractivity contribution in [2.24, 2.45) is 0 Å². The maximum atomic E-state index is 12.4. The molecule has 0 unspecified atom stereocenters. The van der Waals surface area contributed by atoms with Crippen LogP contribution in [0.25, 0.3) is 0 Å². The summed E-state index contributed by atoms with van der Waals surface area (Å²) in [4.78, 5) is 14.8. The molecule has 1 N–H and O–H groups in total. The van der Waals surface area contributed by atoms with Gasteiger partial charge in [0.2, 0.25) is 15.9 Å². The normalized spacial score (nSPS) is 18.8. The number of amides is 1. The van der Waals surface area contributed by atoms with Crippen molar-refractivity contribution >= 4 is 15.9 Å². The average molecular weight is 382 g/mol. The van der Waals surface area contributed by atoms with Crippen molar-refractivity contribution in [2.45, 2.75) is 50.0 Å². The van der Waals surface area contributed by atoms with Crippen molar-refractivity contribution in [3.8, 4) is 0 Å². The van der Waals surface area contributed by atoms with Crippen molar-refractivity contribution in [1.82, 2.24) is 14.5 Å². The van der Waals surface area contributed by atoms with Crippen molar-refractivity contribution in [3.63, 3.8) is 0 Å². The molecule has 1 aromatic carbocycles. The molecule has 1 aliphatic rings. The Labute approximate surface area is 157 Å². The van der Waals surface area contributed by atoms with Gasteiger partial charge in [-0.2, -0.15) is 4.31 Å². The number of nitrogens with zero attached hydrogens (tertiary/aromatic N) is 2. The largest absolute Gasteiger partial charge is 0.355 e. The molecule has 6 nitrogen and oxygen atoms in total. The highest BCUT2D eigenvalue weighted by molar-refractivity contribution is 7.89. The van der Waals surface area contributed by atoms with Crippen LogP contribution in [0.2, 0.25) is 0 Å². The monoisotopic (exact) mass is 381 g/mol. The smallest absolute Gasteiger partial charge is 0.243 e. The molecule has 26 heavy (non-hydrogen) atoms. The summed E-state index contributed by atoms with van der Waals surface area (Å²) in [5, 5.41) is 2.84. The molecule has 0 aliphatic carbocycles. The molecule has 1 fully saturated rings. The van der Waals surface area contributed by atoms with Crippen molar-refractivity contribution in [2.75, 3.05) is 33.2 Å². The number of sulfonamides is 1. The third kappa shape index (κ3) is 5.79. The molecule has 7 heteroatoms. The third-order valence-corrected chi connectivity index (χ3v) is 6.80. The van der Waals surface area contributed by atoms with Crippen molar-refractivity contribution in [3.05, 3.63) is 30.3 Å². The van der Waals surface area contributed by atoms with E-state index in [0.717, 1.165) is 23.8 Å². The molecule has 0 spiro atoms. The lowest BCUT2D eigenvalue weighted by atomic mass is 10.00. The van der Waals surface area contributed by atoms with Crippen LogP contribution in [0.4, 0.5) is 0 Å². The molecule has 1 atom stereocenters. The van der Waals surface area contributed by atoms with E-state index < -0.39 is 10.0 Å². The molecule has 0 radical (unpaired) electrons. The molecule has 0 aromatic heterocycles. The molecule has 0 bridgehead atoms. The van der Waals surface area contributed by atoms with E-state index in [4.69, 9.17) is 0 Å². The van der Waals surface area contributed by atoms with Crippen LogP contribution in [0.3, 0.4) is 0 Å². The lowest BCUT2D eigenvalue weighted by molar-refractivity contribution is -0.121. The summed E-state index contributed by atoms with van der Waals surface area (Å²) in [6.45, 7) is 4.76. The van der Waals surface area contributed by atoms with Crippen LogP contribution >= 0.6 is 0 Å². The van der Waals surface area contributed by atoms with Gasteiger partial charge < -0.3 is 10.2 Å². The summed E-state index contributed by atoms with van der Waals surface area (Å²) in [6, 6.07) is 8.84. The van der Waals surface area contributed by atoms with E-state index in [9.17, 15) is 13.2 Å². The maximum absolute atomic E-state index is 12.4. The summed E-state index contributed by atoms with van der Waals surface area (Å²) < 4.78 is 25.9. The van der Waals surface area contributed by atoms with E-state index in [0.29, 0.717) is 12.6 Å². The van der Waals surface area contributed by atoms with E-state index in [1.165, 1.54) is 44.9 Å². The lowest BCUT2D eigenvalue weighted by Gasteiger charge is -2.35. The zero-order valence-corrected chi connectivity index (χ0v) is 16.7. The van der Waals surface area contributed by atoms with Gasteiger partial charge in [-0.1, -0.05) is 31.5 Å². The van der Waals surface area contributed by atoms with E-state index in [-0.39, 0.29) is 17.3 Å². The van der Waals surface area contributed by atoms with Gasteiger partial charge in [0.05, 0.1) is 11.4 Å². The molecule has 1 heterocycles. The predicted octanol–water partition coefficient (Wildman–Crippen LogP) is 2.08. The van der Waals surface area contributed by atoms with Gasteiger partial charge in [0.1, 0.15) is 0 Å². The summed E-state index contributed by atoms with van der Waals surface area (Å²) in [5.41, 5.74) is 0. The highest BCUT2D eigenvalue weighted by atomic mass is 32.2. The summed E-state index contributed by atoms with van der Waals surface area (Å²) in [7, 11) is -2.20. The van der Waals surface area contributed by atoms with Gasteiger partial charge in [0.25, 0.3) is 0 Å². The standard InChI is InChI=1S/C19H31N3O3S/c1-3-17-10-7-8-14-22(17)15-9-13-20-19(23)16-21(2)26(24,25)18-11-5-4-6-12-18/h4-6,11-12,17H,3,7-10,13-16H2,1-2H3,(H,20,23)/t17-/m0/s1. The zero-order chi connectivity index (χ0) is 19.0. The zero-order valence-electron chi connectivity index (χ0n) is 15.9. The summed E-state index contributed by atoms with van der Waals surface area (Å²) in [6.07, 6.45) is 5.90. The van der Waals surface area contributed by atoms with Gasteiger partial charge in [-0.15, -0.1) is 0 Å². The number of hydrogen-bond acceptors (Lipinski definition) is 4. The van der Waals surface area contributed by atoms with Gasteiger partial charge >= 0.3 is 0 Å². The molecular formula is C19H31N3O3S. The molecule has 1 aliphatic heterocycles. The van der Waals surface area contributed by atoms with E-state index >= 15 is 0 Å². The number of nitrogens with one attached hydrogen (secondary N) is 1. The fourth-order valence-corrected chi connectivity index (χ4v) is 4.59. The fraction of sp³-hybridized carbons (Fsp3) is 0.632. The second-order valence-electron chi connectivity index (χ2n) is 6.87. The molecule has 1 saturated heterocycles. The Morgan fingerprint density at radius 3 is 2.69 bits per heavy atom. The minimum Gasteiger partial charge on any atom is -0.355 e. The molecular weight excluding hydrogens is 350 g/mol. The molecule has 146 valence electrons. The second-order valence-corrected chi connectivity index (χ2v) is 8.92. The van der Waals surface area contributed by atoms with Crippen LogP contribution in [0.5, 0.6) is 0 Å². The SMILES string of the molecule is CC[C@H]1CCCCN1CCCNC(=O)CN(C)S(=O)(=O)c1ccccc1. The van der Waals surface area contributed by atoms with Crippen LogP contribution in [0.1, 0.15) is 39.0 Å².